The number of alkyl carbamates (subject to hydrolysis) is 1. The van der Waals surface area contributed by atoms with Gasteiger partial charge in [-0.3, -0.25) is 0 Å². The molecule has 0 aliphatic heterocycles. The fourth-order valence-electron chi connectivity index (χ4n) is 1.31. The summed E-state index contributed by atoms with van der Waals surface area (Å²) < 4.78 is 5.07. The molecule has 0 rings (SSSR count). The quantitative estimate of drug-likeness (QED) is 0.659. The number of carbonyl (C=O) groups excluding carboxylic acids is 1. The molecule has 16 heavy (non-hydrogen) atoms. The van der Waals surface area contributed by atoms with Crippen LogP contribution in [0.3, 0.4) is 0 Å². The lowest BCUT2D eigenvalue weighted by molar-refractivity contribution is 0.0427. The first-order valence-corrected chi connectivity index (χ1v) is 5.55. The molecule has 96 valence electrons. The summed E-state index contributed by atoms with van der Waals surface area (Å²) >= 11 is 0. The van der Waals surface area contributed by atoms with Crippen LogP contribution in [0.4, 0.5) is 4.79 Å². The molecule has 0 aliphatic carbocycles. The Morgan fingerprint density at radius 2 is 1.88 bits per heavy atom. The number of carbonyl (C=O) groups is 1. The number of amides is 1. The summed E-state index contributed by atoms with van der Waals surface area (Å²) in [5, 5.41) is 20.7. The van der Waals surface area contributed by atoms with E-state index in [2.05, 4.69) is 5.32 Å². The van der Waals surface area contributed by atoms with Gasteiger partial charge in [-0.05, 0) is 27.2 Å². The summed E-state index contributed by atoms with van der Waals surface area (Å²) in [7, 11) is 0. The molecule has 0 aliphatic rings. The molecule has 0 radical (unpaired) electrons. The second kappa shape index (κ2) is 6.70. The lowest BCUT2D eigenvalue weighted by Gasteiger charge is -2.26. The van der Waals surface area contributed by atoms with Gasteiger partial charge in [0.15, 0.2) is 0 Å². The van der Waals surface area contributed by atoms with E-state index >= 15 is 0 Å². The van der Waals surface area contributed by atoms with Crippen molar-refractivity contribution in [2.45, 2.75) is 45.8 Å². The van der Waals surface area contributed by atoms with Crippen molar-refractivity contribution in [2.24, 2.45) is 5.92 Å². The second-order valence-corrected chi connectivity index (χ2v) is 4.79. The van der Waals surface area contributed by atoms with Gasteiger partial charge in [0.05, 0.1) is 12.6 Å². The molecule has 0 saturated carbocycles. The lowest BCUT2D eigenvalue weighted by atomic mass is 9.99. The minimum absolute atomic E-state index is 0.0719. The van der Waals surface area contributed by atoms with Gasteiger partial charge in [0.25, 0.3) is 0 Å². The van der Waals surface area contributed by atoms with Crippen LogP contribution >= 0.6 is 0 Å². The van der Waals surface area contributed by atoms with E-state index in [4.69, 9.17) is 14.9 Å². The Bertz CT molecular complexity index is 209. The van der Waals surface area contributed by atoms with Crippen LogP contribution in [0.25, 0.3) is 0 Å². The highest BCUT2D eigenvalue weighted by Crippen LogP contribution is 2.10. The van der Waals surface area contributed by atoms with E-state index in [1.807, 2.05) is 6.92 Å². The van der Waals surface area contributed by atoms with E-state index in [-0.39, 0.29) is 19.1 Å². The standard InChI is InChI=1S/C11H23NO4/c1-5-8(6-13)9(7-14)12-10(15)16-11(2,3)4/h8-9,13-14H,5-7H2,1-4H3,(H,12,15)/t8-,9+/m0/s1. The SMILES string of the molecule is CC[C@@H](CO)[C@@H](CO)NC(=O)OC(C)(C)C. The van der Waals surface area contributed by atoms with Gasteiger partial charge in [0.1, 0.15) is 5.60 Å². The van der Waals surface area contributed by atoms with E-state index in [0.717, 1.165) is 0 Å². The molecular formula is C11H23NO4. The zero-order valence-corrected chi connectivity index (χ0v) is 10.5. The van der Waals surface area contributed by atoms with Crippen LogP contribution in [-0.2, 0) is 4.74 Å². The first kappa shape index (κ1) is 15.2. The number of aliphatic hydroxyl groups is 2. The van der Waals surface area contributed by atoms with Gasteiger partial charge in [-0.1, -0.05) is 6.92 Å². The van der Waals surface area contributed by atoms with Crippen molar-refractivity contribution in [3.8, 4) is 0 Å². The summed E-state index contributed by atoms with van der Waals surface area (Å²) in [5.74, 6) is -0.155. The fraction of sp³-hybridized carbons (Fsp3) is 0.909. The normalized spacial score (nSPS) is 15.4. The second-order valence-electron chi connectivity index (χ2n) is 4.79. The Balaban J connectivity index is 4.26. The van der Waals surface area contributed by atoms with E-state index in [1.165, 1.54) is 0 Å². The average molecular weight is 233 g/mol. The van der Waals surface area contributed by atoms with Gasteiger partial charge in [-0.15, -0.1) is 0 Å². The Kier molecular flexibility index (Phi) is 6.36. The maximum Gasteiger partial charge on any atom is 0.407 e. The van der Waals surface area contributed by atoms with Crippen LogP contribution in [0.15, 0.2) is 0 Å². The van der Waals surface area contributed by atoms with Crippen molar-refractivity contribution in [1.82, 2.24) is 5.32 Å². The van der Waals surface area contributed by atoms with Crippen molar-refractivity contribution >= 4 is 6.09 Å². The molecule has 0 spiro atoms. The van der Waals surface area contributed by atoms with Crippen LogP contribution in [0.1, 0.15) is 34.1 Å². The third-order valence-electron chi connectivity index (χ3n) is 2.23. The highest BCUT2D eigenvalue weighted by molar-refractivity contribution is 5.68. The Morgan fingerprint density at radius 3 is 2.19 bits per heavy atom. The molecule has 0 aromatic carbocycles. The van der Waals surface area contributed by atoms with Gasteiger partial charge in [0, 0.05) is 12.5 Å². The number of ether oxygens (including phenoxy) is 1. The number of hydrogen-bond acceptors (Lipinski definition) is 4. The van der Waals surface area contributed by atoms with Crippen molar-refractivity contribution in [3.05, 3.63) is 0 Å². The maximum atomic E-state index is 11.4. The minimum Gasteiger partial charge on any atom is -0.444 e. The molecule has 3 N–H and O–H groups in total. The first-order chi connectivity index (χ1) is 7.34. The fourth-order valence-corrected chi connectivity index (χ4v) is 1.31. The summed E-state index contributed by atoms with van der Waals surface area (Å²) in [6.07, 6.45) is 0.107. The van der Waals surface area contributed by atoms with Crippen molar-refractivity contribution in [3.63, 3.8) is 0 Å². The van der Waals surface area contributed by atoms with Gasteiger partial charge >= 0.3 is 6.09 Å². The van der Waals surface area contributed by atoms with E-state index < -0.39 is 17.7 Å². The molecular weight excluding hydrogens is 210 g/mol. The highest BCUT2D eigenvalue weighted by atomic mass is 16.6. The third-order valence-corrected chi connectivity index (χ3v) is 2.23. The number of nitrogens with one attached hydrogen (secondary N) is 1. The van der Waals surface area contributed by atoms with Gasteiger partial charge in [0.2, 0.25) is 0 Å². The Labute approximate surface area is 96.8 Å². The molecule has 5 nitrogen and oxygen atoms in total. The van der Waals surface area contributed by atoms with Crippen LogP contribution < -0.4 is 5.32 Å². The maximum absolute atomic E-state index is 11.4. The number of hydrogen-bond donors (Lipinski definition) is 3. The zero-order chi connectivity index (χ0) is 12.8. The summed E-state index contributed by atoms with van der Waals surface area (Å²) in [5.41, 5.74) is -0.564. The van der Waals surface area contributed by atoms with Crippen molar-refractivity contribution < 1.29 is 19.7 Å². The summed E-state index contributed by atoms with van der Waals surface area (Å²) in [4.78, 5) is 11.4. The molecule has 0 unspecified atom stereocenters. The smallest absolute Gasteiger partial charge is 0.407 e. The van der Waals surface area contributed by atoms with Gasteiger partial charge in [-0.25, -0.2) is 4.79 Å². The van der Waals surface area contributed by atoms with Crippen molar-refractivity contribution in [2.75, 3.05) is 13.2 Å². The average Bonchev–Trinajstić information content (AvgIpc) is 2.15. The molecule has 0 aromatic heterocycles. The van der Waals surface area contributed by atoms with Gasteiger partial charge < -0.3 is 20.3 Å². The molecule has 0 fully saturated rings. The highest BCUT2D eigenvalue weighted by Gasteiger charge is 2.23. The largest absolute Gasteiger partial charge is 0.444 e. The first-order valence-electron chi connectivity index (χ1n) is 5.55. The zero-order valence-electron chi connectivity index (χ0n) is 10.5. The third kappa shape index (κ3) is 5.92. The lowest BCUT2D eigenvalue weighted by Crippen LogP contribution is -2.46. The Hall–Kier alpha value is -0.810. The monoisotopic (exact) mass is 233 g/mol. The molecule has 1 amide bonds. The molecule has 0 bridgehead atoms. The summed E-state index contributed by atoms with van der Waals surface area (Å²) in [6, 6.07) is -0.468. The Morgan fingerprint density at radius 1 is 1.31 bits per heavy atom. The topological polar surface area (TPSA) is 78.8 Å². The van der Waals surface area contributed by atoms with E-state index in [9.17, 15) is 4.79 Å². The minimum atomic E-state index is -0.571. The number of rotatable bonds is 5. The molecule has 2 atom stereocenters. The number of aliphatic hydroxyl groups excluding tert-OH is 2. The van der Waals surface area contributed by atoms with Crippen LogP contribution in [-0.4, -0.2) is 41.2 Å². The predicted molar refractivity (Wildman–Crippen MR) is 61.1 cm³/mol. The van der Waals surface area contributed by atoms with Crippen LogP contribution in [0, 0.1) is 5.92 Å². The van der Waals surface area contributed by atoms with Gasteiger partial charge in [-0.2, -0.15) is 0 Å². The van der Waals surface area contributed by atoms with Crippen LogP contribution in [0.5, 0.6) is 0 Å². The molecule has 0 aromatic rings. The molecule has 5 heteroatoms. The summed E-state index contributed by atoms with van der Waals surface area (Å²) in [6.45, 7) is 6.91. The molecule has 0 heterocycles. The molecule has 0 saturated heterocycles. The van der Waals surface area contributed by atoms with Crippen molar-refractivity contribution in [1.29, 1.82) is 0 Å². The van der Waals surface area contributed by atoms with E-state index in [1.54, 1.807) is 20.8 Å². The van der Waals surface area contributed by atoms with E-state index in [0.29, 0.717) is 6.42 Å². The predicted octanol–water partition coefficient (Wildman–Crippen LogP) is 0.890. The van der Waals surface area contributed by atoms with Crippen LogP contribution in [0.2, 0.25) is 0 Å².